The maximum absolute atomic E-state index is 5.81. The Kier molecular flexibility index (Phi) is 4.54. The maximum Gasteiger partial charge on any atom is 0.168 e. The zero-order valence-corrected chi connectivity index (χ0v) is 12.5. The first kappa shape index (κ1) is 13.0. The minimum Gasteiger partial charge on any atom is -0.325 e. The van der Waals surface area contributed by atoms with Gasteiger partial charge in [0.25, 0.3) is 0 Å². The first-order valence-corrected chi connectivity index (χ1v) is 7.46. The molecule has 0 N–H and O–H groups in total. The molecule has 0 amide bonds. The van der Waals surface area contributed by atoms with Gasteiger partial charge in [-0.05, 0) is 17.7 Å². The zero-order valence-electron chi connectivity index (χ0n) is 9.36. The second-order valence-corrected chi connectivity index (χ2v) is 5.77. The van der Waals surface area contributed by atoms with Crippen LogP contribution in [0.15, 0.2) is 40.1 Å². The Morgan fingerprint density at radius 2 is 2.29 bits per heavy atom. The van der Waals surface area contributed by atoms with Crippen molar-refractivity contribution in [1.82, 2.24) is 9.55 Å². The Morgan fingerprint density at radius 3 is 2.94 bits per heavy atom. The highest BCUT2D eigenvalue weighted by molar-refractivity contribution is 9.10. The quantitative estimate of drug-likeness (QED) is 0.617. The SMILES string of the molecule is Cn1c(CCl)cnc1SCc1cccc(Br)c1. The number of nitrogens with zero attached hydrogens (tertiary/aromatic N) is 2. The number of hydrogen-bond acceptors (Lipinski definition) is 2. The molecule has 2 rings (SSSR count). The van der Waals surface area contributed by atoms with Crippen molar-refractivity contribution in [1.29, 1.82) is 0 Å². The summed E-state index contributed by atoms with van der Waals surface area (Å²) in [6.45, 7) is 0. The van der Waals surface area contributed by atoms with Crippen LogP contribution in [0.1, 0.15) is 11.3 Å². The number of aromatic nitrogens is 2. The molecule has 1 heterocycles. The second kappa shape index (κ2) is 5.94. The summed E-state index contributed by atoms with van der Waals surface area (Å²) in [6.07, 6.45) is 1.83. The standard InChI is InChI=1S/C12H12BrClN2S/c1-16-11(6-14)7-15-12(16)17-8-9-3-2-4-10(13)5-9/h2-5,7H,6,8H2,1H3. The van der Waals surface area contributed by atoms with Gasteiger partial charge < -0.3 is 4.57 Å². The van der Waals surface area contributed by atoms with Crippen LogP contribution in [0.2, 0.25) is 0 Å². The van der Waals surface area contributed by atoms with E-state index in [1.54, 1.807) is 11.8 Å². The lowest BCUT2D eigenvalue weighted by Crippen LogP contribution is -1.95. The Labute approximate surface area is 119 Å². The molecule has 5 heteroatoms. The molecule has 1 aromatic carbocycles. The van der Waals surface area contributed by atoms with Gasteiger partial charge >= 0.3 is 0 Å². The average Bonchev–Trinajstić information content (AvgIpc) is 2.67. The van der Waals surface area contributed by atoms with Crippen LogP contribution in [0.25, 0.3) is 0 Å². The molecule has 0 aliphatic rings. The first-order chi connectivity index (χ1) is 8.20. The van der Waals surface area contributed by atoms with Gasteiger partial charge in [0.05, 0.1) is 17.8 Å². The Hall–Kier alpha value is -0.450. The van der Waals surface area contributed by atoms with Crippen molar-refractivity contribution in [2.45, 2.75) is 16.8 Å². The van der Waals surface area contributed by atoms with Gasteiger partial charge in [0.2, 0.25) is 0 Å². The summed E-state index contributed by atoms with van der Waals surface area (Å²) in [4.78, 5) is 4.35. The molecule has 0 bridgehead atoms. The Morgan fingerprint density at radius 1 is 1.47 bits per heavy atom. The molecule has 0 radical (unpaired) electrons. The summed E-state index contributed by atoms with van der Waals surface area (Å²) in [5.41, 5.74) is 2.32. The molecule has 0 atom stereocenters. The zero-order chi connectivity index (χ0) is 12.3. The number of thioether (sulfide) groups is 1. The van der Waals surface area contributed by atoms with Crippen molar-refractivity contribution in [3.63, 3.8) is 0 Å². The summed E-state index contributed by atoms with van der Waals surface area (Å²) < 4.78 is 3.15. The minimum absolute atomic E-state index is 0.501. The molecule has 0 aliphatic heterocycles. The van der Waals surface area contributed by atoms with Crippen molar-refractivity contribution in [2.24, 2.45) is 7.05 Å². The number of imidazole rings is 1. The van der Waals surface area contributed by atoms with Crippen molar-refractivity contribution < 1.29 is 0 Å². The van der Waals surface area contributed by atoms with E-state index in [1.807, 2.05) is 29.9 Å². The van der Waals surface area contributed by atoms with E-state index in [4.69, 9.17) is 11.6 Å². The van der Waals surface area contributed by atoms with E-state index in [-0.39, 0.29) is 0 Å². The van der Waals surface area contributed by atoms with E-state index in [0.717, 1.165) is 21.1 Å². The fraction of sp³-hybridized carbons (Fsp3) is 0.250. The lowest BCUT2D eigenvalue weighted by Gasteiger charge is -2.04. The number of benzene rings is 1. The molecular weight excluding hydrogens is 320 g/mol. The van der Waals surface area contributed by atoms with E-state index in [2.05, 4.69) is 33.0 Å². The van der Waals surface area contributed by atoms with Crippen LogP contribution >= 0.6 is 39.3 Å². The third-order valence-corrected chi connectivity index (χ3v) is 4.32. The Balaban J connectivity index is 2.05. The van der Waals surface area contributed by atoms with E-state index in [0.29, 0.717) is 5.88 Å². The molecule has 2 aromatic rings. The van der Waals surface area contributed by atoms with Crippen molar-refractivity contribution in [2.75, 3.05) is 0 Å². The van der Waals surface area contributed by atoms with E-state index >= 15 is 0 Å². The number of rotatable bonds is 4. The van der Waals surface area contributed by atoms with Crippen LogP contribution in [0.4, 0.5) is 0 Å². The van der Waals surface area contributed by atoms with Gasteiger partial charge in [-0.3, -0.25) is 0 Å². The number of halogens is 2. The summed E-state index contributed by atoms with van der Waals surface area (Å²) in [5.74, 6) is 1.41. The second-order valence-electron chi connectivity index (χ2n) is 3.64. The lowest BCUT2D eigenvalue weighted by molar-refractivity contribution is 0.761. The smallest absolute Gasteiger partial charge is 0.168 e. The minimum atomic E-state index is 0.501. The average molecular weight is 332 g/mol. The van der Waals surface area contributed by atoms with Gasteiger partial charge in [0.15, 0.2) is 5.16 Å². The van der Waals surface area contributed by atoms with Gasteiger partial charge in [-0.15, -0.1) is 11.6 Å². The number of hydrogen-bond donors (Lipinski definition) is 0. The van der Waals surface area contributed by atoms with Gasteiger partial charge in [0.1, 0.15) is 0 Å². The summed E-state index contributed by atoms with van der Waals surface area (Å²) >= 11 is 11.0. The summed E-state index contributed by atoms with van der Waals surface area (Å²) in [7, 11) is 1.99. The van der Waals surface area contributed by atoms with Crippen molar-refractivity contribution in [3.05, 3.63) is 46.2 Å². The highest BCUT2D eigenvalue weighted by Crippen LogP contribution is 2.23. The highest BCUT2D eigenvalue weighted by atomic mass is 79.9. The van der Waals surface area contributed by atoms with Crippen LogP contribution in [-0.2, 0) is 18.7 Å². The first-order valence-electron chi connectivity index (χ1n) is 5.14. The molecular formula is C12H12BrClN2S. The fourth-order valence-electron chi connectivity index (χ4n) is 1.46. The third-order valence-electron chi connectivity index (χ3n) is 2.44. The van der Waals surface area contributed by atoms with Gasteiger partial charge in [0, 0.05) is 17.3 Å². The van der Waals surface area contributed by atoms with Crippen molar-refractivity contribution >= 4 is 39.3 Å². The topological polar surface area (TPSA) is 17.8 Å². The summed E-state index contributed by atoms with van der Waals surface area (Å²) in [5, 5.41) is 1.00. The van der Waals surface area contributed by atoms with Crippen molar-refractivity contribution in [3.8, 4) is 0 Å². The maximum atomic E-state index is 5.81. The number of alkyl halides is 1. The van der Waals surface area contributed by atoms with E-state index in [9.17, 15) is 0 Å². The normalized spacial score (nSPS) is 10.8. The molecule has 0 unspecified atom stereocenters. The molecule has 0 saturated heterocycles. The van der Waals surface area contributed by atoms with Crippen LogP contribution in [0.3, 0.4) is 0 Å². The molecule has 17 heavy (non-hydrogen) atoms. The third kappa shape index (κ3) is 3.27. The predicted octanol–water partition coefficient (Wildman–Crippen LogP) is 4.21. The molecule has 0 aliphatic carbocycles. The summed E-state index contributed by atoms with van der Waals surface area (Å²) in [6, 6.07) is 8.31. The monoisotopic (exact) mass is 330 g/mol. The Bertz CT molecular complexity index is 513. The predicted molar refractivity (Wildman–Crippen MR) is 76.5 cm³/mol. The van der Waals surface area contributed by atoms with E-state index < -0.39 is 0 Å². The van der Waals surface area contributed by atoms with Crippen LogP contribution < -0.4 is 0 Å². The highest BCUT2D eigenvalue weighted by Gasteiger charge is 2.06. The van der Waals surface area contributed by atoms with Gasteiger partial charge in [-0.2, -0.15) is 0 Å². The van der Waals surface area contributed by atoms with E-state index in [1.165, 1.54) is 5.56 Å². The fourth-order valence-corrected chi connectivity index (χ4v) is 3.07. The molecule has 0 spiro atoms. The lowest BCUT2D eigenvalue weighted by atomic mass is 10.2. The molecule has 2 nitrogen and oxygen atoms in total. The molecule has 90 valence electrons. The van der Waals surface area contributed by atoms with Gasteiger partial charge in [-0.1, -0.05) is 39.8 Å². The molecule has 0 saturated carbocycles. The largest absolute Gasteiger partial charge is 0.325 e. The van der Waals surface area contributed by atoms with Crippen LogP contribution in [0, 0.1) is 0 Å². The van der Waals surface area contributed by atoms with Crippen LogP contribution in [-0.4, -0.2) is 9.55 Å². The molecule has 1 aromatic heterocycles. The van der Waals surface area contributed by atoms with Gasteiger partial charge in [-0.25, -0.2) is 4.98 Å². The van der Waals surface area contributed by atoms with Crippen LogP contribution in [0.5, 0.6) is 0 Å². The molecule has 0 fully saturated rings.